The van der Waals surface area contributed by atoms with Crippen molar-refractivity contribution in [3.05, 3.63) is 103 Å². The van der Waals surface area contributed by atoms with Crippen LogP contribution in [0.1, 0.15) is 18.1 Å². The third-order valence-corrected chi connectivity index (χ3v) is 5.78. The lowest BCUT2D eigenvalue weighted by Crippen LogP contribution is -2.27. The third kappa shape index (κ3) is 5.46. The molecule has 178 valence electrons. The molecular formula is C24H18BrN3O7. The Kier molecular flexibility index (Phi) is 7.06. The number of halogens is 1. The van der Waals surface area contributed by atoms with Crippen molar-refractivity contribution in [3.63, 3.8) is 0 Å². The zero-order chi connectivity index (χ0) is 24.9. The number of oxazole rings is 1. The molecule has 11 heteroatoms. The molecule has 1 heterocycles. The van der Waals surface area contributed by atoms with Gasteiger partial charge in [-0.1, -0.05) is 42.5 Å². The van der Waals surface area contributed by atoms with E-state index in [4.69, 9.17) is 9.15 Å². The first kappa shape index (κ1) is 23.9. The predicted molar refractivity (Wildman–Crippen MR) is 130 cm³/mol. The van der Waals surface area contributed by atoms with Crippen molar-refractivity contribution < 1.29 is 23.7 Å². The maximum Gasteiger partial charge on any atom is 0.419 e. The summed E-state index contributed by atoms with van der Waals surface area (Å²) in [5.74, 6) is -1.95. The topological polar surface area (TPSA) is 134 Å². The molecule has 0 radical (unpaired) electrons. The van der Waals surface area contributed by atoms with E-state index in [0.717, 1.165) is 0 Å². The van der Waals surface area contributed by atoms with Gasteiger partial charge >= 0.3 is 11.7 Å². The van der Waals surface area contributed by atoms with Gasteiger partial charge in [0.25, 0.3) is 11.6 Å². The summed E-state index contributed by atoms with van der Waals surface area (Å²) in [7, 11) is 0. The number of fused-ring (bicyclic) bond motifs is 1. The molecule has 0 aliphatic carbocycles. The van der Waals surface area contributed by atoms with Crippen LogP contribution >= 0.6 is 15.9 Å². The number of hydrogen-bond acceptors (Lipinski definition) is 7. The lowest BCUT2D eigenvalue weighted by Gasteiger charge is -2.18. The van der Waals surface area contributed by atoms with E-state index in [1.54, 1.807) is 54.6 Å². The fourth-order valence-electron chi connectivity index (χ4n) is 3.44. The molecule has 1 amide bonds. The summed E-state index contributed by atoms with van der Waals surface area (Å²) >= 11 is 3.21. The van der Waals surface area contributed by atoms with E-state index in [2.05, 4.69) is 21.2 Å². The highest BCUT2D eigenvalue weighted by Crippen LogP contribution is 2.29. The van der Waals surface area contributed by atoms with E-state index in [0.29, 0.717) is 21.1 Å². The van der Waals surface area contributed by atoms with Gasteiger partial charge in [-0.3, -0.25) is 24.3 Å². The van der Waals surface area contributed by atoms with E-state index >= 15 is 0 Å². The van der Waals surface area contributed by atoms with Crippen LogP contribution in [-0.2, 0) is 20.9 Å². The van der Waals surface area contributed by atoms with Crippen LogP contribution in [0.25, 0.3) is 11.1 Å². The zero-order valence-corrected chi connectivity index (χ0v) is 19.6. The van der Waals surface area contributed by atoms with Crippen molar-refractivity contribution >= 4 is 50.3 Å². The molecular weight excluding hydrogens is 522 g/mol. The SMILES string of the molecule is O=C(CCn1c(=O)oc2ccccc21)O[C@@H](C(=O)Nc1ccc([N+](=O)[O-])cc1Br)c1ccccc1. The second-order valence-corrected chi connectivity index (χ2v) is 8.28. The quantitative estimate of drug-likeness (QED) is 0.197. The average Bonchev–Trinajstić information content (AvgIpc) is 3.17. The summed E-state index contributed by atoms with van der Waals surface area (Å²) in [6.07, 6.45) is -1.47. The molecule has 1 N–H and O–H groups in total. The van der Waals surface area contributed by atoms with Crippen LogP contribution in [0.15, 0.2) is 86.5 Å². The Labute approximate surface area is 206 Å². The second-order valence-electron chi connectivity index (χ2n) is 7.43. The summed E-state index contributed by atoms with van der Waals surface area (Å²) < 4.78 is 12.3. The molecule has 0 aliphatic rings. The van der Waals surface area contributed by atoms with Crippen molar-refractivity contribution in [1.29, 1.82) is 0 Å². The highest BCUT2D eigenvalue weighted by molar-refractivity contribution is 9.10. The third-order valence-electron chi connectivity index (χ3n) is 5.12. The lowest BCUT2D eigenvalue weighted by atomic mass is 10.1. The van der Waals surface area contributed by atoms with E-state index < -0.39 is 28.7 Å². The number of aryl methyl sites for hydroxylation is 1. The molecule has 0 spiro atoms. The molecule has 35 heavy (non-hydrogen) atoms. The highest BCUT2D eigenvalue weighted by atomic mass is 79.9. The van der Waals surface area contributed by atoms with Crippen molar-refractivity contribution in [2.45, 2.75) is 19.1 Å². The zero-order valence-electron chi connectivity index (χ0n) is 18.0. The van der Waals surface area contributed by atoms with Crippen LogP contribution in [0.4, 0.5) is 11.4 Å². The summed E-state index contributed by atoms with van der Waals surface area (Å²) in [5.41, 5.74) is 1.51. The fourth-order valence-corrected chi connectivity index (χ4v) is 3.90. The van der Waals surface area contributed by atoms with Crippen LogP contribution in [0.5, 0.6) is 0 Å². The van der Waals surface area contributed by atoms with Crippen molar-refractivity contribution in [3.8, 4) is 0 Å². The van der Waals surface area contributed by atoms with E-state index in [9.17, 15) is 24.5 Å². The van der Waals surface area contributed by atoms with Crippen LogP contribution in [0, 0.1) is 10.1 Å². The Balaban J connectivity index is 1.50. The minimum absolute atomic E-state index is 0.00566. The first-order valence-electron chi connectivity index (χ1n) is 10.4. The number of ether oxygens (including phenoxy) is 1. The molecule has 4 rings (SSSR count). The van der Waals surface area contributed by atoms with Crippen molar-refractivity contribution in [2.75, 3.05) is 5.32 Å². The molecule has 0 saturated carbocycles. The van der Waals surface area contributed by atoms with Gasteiger partial charge in [-0.2, -0.15) is 0 Å². The average molecular weight is 540 g/mol. The number of nitrogens with zero attached hydrogens (tertiary/aromatic N) is 2. The van der Waals surface area contributed by atoms with Crippen LogP contribution in [0.3, 0.4) is 0 Å². The van der Waals surface area contributed by atoms with Crippen LogP contribution in [-0.4, -0.2) is 21.4 Å². The van der Waals surface area contributed by atoms with Gasteiger partial charge in [0.05, 0.1) is 22.5 Å². The predicted octanol–water partition coefficient (Wildman–Crippen LogP) is 4.58. The smallest absolute Gasteiger partial charge is 0.419 e. The summed E-state index contributed by atoms with van der Waals surface area (Å²) in [6, 6.07) is 19.1. The fraction of sp³-hybridized carbons (Fsp3) is 0.125. The molecule has 0 unspecified atom stereocenters. The molecule has 1 aromatic heterocycles. The van der Waals surface area contributed by atoms with Crippen LogP contribution in [0.2, 0.25) is 0 Å². The Morgan fingerprint density at radius 1 is 1.09 bits per heavy atom. The highest BCUT2D eigenvalue weighted by Gasteiger charge is 2.26. The number of non-ortho nitro benzene ring substituents is 1. The number of esters is 1. The molecule has 3 aromatic carbocycles. The summed E-state index contributed by atoms with van der Waals surface area (Å²) in [5, 5.41) is 13.6. The number of carbonyl (C=O) groups is 2. The lowest BCUT2D eigenvalue weighted by molar-refractivity contribution is -0.384. The van der Waals surface area contributed by atoms with Gasteiger partial charge in [0.1, 0.15) is 0 Å². The number of nitro groups is 1. The maximum absolute atomic E-state index is 13.1. The van der Waals surface area contributed by atoms with Crippen molar-refractivity contribution in [2.24, 2.45) is 0 Å². The second kappa shape index (κ2) is 10.3. The molecule has 0 bridgehead atoms. The number of aromatic nitrogens is 1. The number of anilines is 1. The summed E-state index contributed by atoms with van der Waals surface area (Å²) in [6.45, 7) is 0.00566. The van der Waals surface area contributed by atoms with Gasteiger partial charge < -0.3 is 14.5 Å². The number of hydrogen-bond donors (Lipinski definition) is 1. The first-order valence-corrected chi connectivity index (χ1v) is 11.2. The Morgan fingerprint density at radius 3 is 2.51 bits per heavy atom. The Bertz CT molecular complexity index is 1460. The van der Waals surface area contributed by atoms with Gasteiger partial charge in [-0.15, -0.1) is 0 Å². The number of nitro benzene ring substituents is 1. The Morgan fingerprint density at radius 2 is 1.80 bits per heavy atom. The van der Waals surface area contributed by atoms with E-state index in [-0.39, 0.29) is 24.3 Å². The number of benzene rings is 3. The van der Waals surface area contributed by atoms with Gasteiger partial charge in [0, 0.05) is 28.7 Å². The van der Waals surface area contributed by atoms with E-state index in [1.165, 1.54) is 22.8 Å². The first-order chi connectivity index (χ1) is 16.8. The Hall–Kier alpha value is -4.25. The molecule has 0 saturated heterocycles. The van der Waals surface area contributed by atoms with Gasteiger partial charge in [-0.25, -0.2) is 4.79 Å². The molecule has 10 nitrogen and oxygen atoms in total. The number of nitrogens with one attached hydrogen (secondary N) is 1. The van der Waals surface area contributed by atoms with E-state index in [1.807, 2.05) is 0 Å². The number of para-hydroxylation sites is 2. The van der Waals surface area contributed by atoms with Gasteiger partial charge in [-0.05, 0) is 34.1 Å². The number of carbonyl (C=O) groups excluding carboxylic acids is 2. The minimum atomic E-state index is -1.29. The summed E-state index contributed by atoms with van der Waals surface area (Å²) in [4.78, 5) is 48.3. The monoisotopic (exact) mass is 539 g/mol. The maximum atomic E-state index is 13.1. The molecule has 1 atom stereocenters. The molecule has 0 aliphatic heterocycles. The minimum Gasteiger partial charge on any atom is -0.447 e. The van der Waals surface area contributed by atoms with Crippen molar-refractivity contribution in [1.82, 2.24) is 4.57 Å². The molecule has 4 aromatic rings. The number of rotatable bonds is 8. The van der Waals surface area contributed by atoms with Gasteiger partial charge in [0.15, 0.2) is 5.58 Å². The largest absolute Gasteiger partial charge is 0.447 e. The standard InChI is InChI=1S/C24H18BrN3O7/c25-17-14-16(28(32)33)10-11-18(17)26-23(30)22(15-6-2-1-3-7-15)35-21(29)12-13-27-19-8-4-5-9-20(19)34-24(27)31/h1-11,14,22H,12-13H2,(H,26,30)/t22-/m1/s1. The van der Waals surface area contributed by atoms with Gasteiger partial charge in [0.2, 0.25) is 6.10 Å². The molecule has 0 fully saturated rings. The normalized spacial score (nSPS) is 11.7. The van der Waals surface area contributed by atoms with Crippen LogP contribution < -0.4 is 11.1 Å². The number of amides is 1.